The summed E-state index contributed by atoms with van der Waals surface area (Å²) in [6.07, 6.45) is 4.18. The maximum Gasteiger partial charge on any atom is 0.249 e. The summed E-state index contributed by atoms with van der Waals surface area (Å²) in [7, 11) is 0. The Morgan fingerprint density at radius 3 is 2.36 bits per heavy atom. The Bertz CT molecular complexity index is 1130. The lowest BCUT2D eigenvalue weighted by molar-refractivity contribution is -0.155. The quantitative estimate of drug-likeness (QED) is 0.462. The molecule has 4 rings (SSSR count). The van der Waals surface area contributed by atoms with Crippen molar-refractivity contribution in [2.24, 2.45) is 17.8 Å². The van der Waals surface area contributed by atoms with Gasteiger partial charge in [-0.1, -0.05) is 37.3 Å². The molecule has 212 valence electrons. The van der Waals surface area contributed by atoms with E-state index in [1.165, 1.54) is 0 Å². The number of likely N-dealkylation sites (tertiary alicyclic amines) is 1. The number of anilines is 1. The number of amides is 3. The number of aliphatic hydroxyl groups excluding tert-OH is 1. The molecule has 0 radical (unpaired) electrons. The van der Waals surface area contributed by atoms with Gasteiger partial charge in [0, 0.05) is 37.5 Å². The van der Waals surface area contributed by atoms with E-state index < -0.39 is 34.6 Å². The summed E-state index contributed by atoms with van der Waals surface area (Å²) in [6.45, 7) is 18.2. The Morgan fingerprint density at radius 2 is 1.79 bits per heavy atom. The molecule has 8 heteroatoms. The Labute approximate surface area is 232 Å². The predicted molar refractivity (Wildman–Crippen MR) is 151 cm³/mol. The zero-order valence-electron chi connectivity index (χ0n) is 23.9. The van der Waals surface area contributed by atoms with Crippen LogP contribution in [0.2, 0.25) is 0 Å². The van der Waals surface area contributed by atoms with E-state index in [2.05, 4.69) is 13.2 Å². The lowest BCUT2D eigenvalue weighted by Gasteiger charge is -2.42. The van der Waals surface area contributed by atoms with Crippen LogP contribution >= 0.6 is 0 Å². The van der Waals surface area contributed by atoms with E-state index in [4.69, 9.17) is 4.74 Å². The van der Waals surface area contributed by atoms with Crippen LogP contribution in [0.5, 0.6) is 0 Å². The summed E-state index contributed by atoms with van der Waals surface area (Å²) in [5.74, 6) is -2.32. The molecular weight excluding hydrogens is 494 g/mol. The Balaban J connectivity index is 1.84. The monoisotopic (exact) mass is 537 g/mol. The number of nitrogens with zero attached hydrogens (tertiary/aromatic N) is 3. The number of para-hydroxylation sites is 1. The topological polar surface area (TPSA) is 90.4 Å². The number of carbonyl (C=O) groups excluding carboxylic acids is 3. The van der Waals surface area contributed by atoms with Crippen LogP contribution in [0.3, 0.4) is 0 Å². The first-order chi connectivity index (χ1) is 18.4. The molecule has 0 saturated carbocycles. The summed E-state index contributed by atoms with van der Waals surface area (Å²) in [4.78, 5) is 48.1. The third kappa shape index (κ3) is 4.51. The van der Waals surface area contributed by atoms with Gasteiger partial charge < -0.3 is 24.5 Å². The highest BCUT2D eigenvalue weighted by Crippen LogP contribution is 2.65. The zero-order chi connectivity index (χ0) is 28.8. The molecule has 2 bridgehead atoms. The minimum Gasteiger partial charge on any atom is -0.396 e. The van der Waals surface area contributed by atoms with Gasteiger partial charge >= 0.3 is 0 Å². The maximum absolute atomic E-state index is 14.4. The number of ether oxygens (including phenoxy) is 1. The van der Waals surface area contributed by atoms with Gasteiger partial charge in [0.1, 0.15) is 11.6 Å². The van der Waals surface area contributed by atoms with Gasteiger partial charge in [-0.3, -0.25) is 14.4 Å². The molecule has 0 aliphatic carbocycles. The molecule has 3 unspecified atom stereocenters. The average molecular weight is 538 g/mol. The van der Waals surface area contributed by atoms with E-state index in [-0.39, 0.29) is 43.3 Å². The van der Waals surface area contributed by atoms with Crippen LogP contribution in [-0.2, 0) is 19.1 Å². The van der Waals surface area contributed by atoms with Crippen LogP contribution in [0.1, 0.15) is 47.5 Å². The maximum atomic E-state index is 14.4. The van der Waals surface area contributed by atoms with Gasteiger partial charge in [-0.2, -0.15) is 0 Å². The molecule has 39 heavy (non-hydrogen) atoms. The van der Waals surface area contributed by atoms with E-state index in [9.17, 15) is 19.5 Å². The number of hydrogen-bond acceptors (Lipinski definition) is 5. The molecule has 3 heterocycles. The molecule has 6 atom stereocenters. The standard InChI is InChI=1S/C31H43N3O5/c1-8-16-32(22-14-11-10-12-15-22)26(36)23-24-27(37)33(18-13-19-35)25(28(38)34(17-9-2)29(4,5)6)31(24)20-21(3)30(23,7)39-31/h8-12,14-15,21,23-25,35H,1-2,13,16-20H2,3-7H3/t21?,23-,24+,25?,30+,31?/m1/s1. The molecule has 1 aromatic rings. The van der Waals surface area contributed by atoms with E-state index >= 15 is 0 Å². The van der Waals surface area contributed by atoms with E-state index in [1.54, 1.807) is 26.9 Å². The Kier molecular flexibility index (Phi) is 7.85. The van der Waals surface area contributed by atoms with Crippen molar-refractivity contribution >= 4 is 23.4 Å². The minimum absolute atomic E-state index is 0.0626. The number of rotatable bonds is 10. The molecular formula is C31H43N3O5. The van der Waals surface area contributed by atoms with Crippen LogP contribution < -0.4 is 4.90 Å². The van der Waals surface area contributed by atoms with Crippen LogP contribution in [0.4, 0.5) is 5.69 Å². The van der Waals surface area contributed by atoms with Crippen molar-refractivity contribution in [1.82, 2.24) is 9.80 Å². The molecule has 3 fully saturated rings. The second kappa shape index (κ2) is 10.5. The largest absolute Gasteiger partial charge is 0.396 e. The van der Waals surface area contributed by atoms with Gasteiger partial charge in [-0.05, 0) is 58.6 Å². The zero-order valence-corrected chi connectivity index (χ0v) is 23.9. The second-order valence-corrected chi connectivity index (χ2v) is 12.3. The van der Waals surface area contributed by atoms with Crippen LogP contribution in [-0.4, -0.2) is 81.7 Å². The fourth-order valence-corrected chi connectivity index (χ4v) is 7.07. The first-order valence-electron chi connectivity index (χ1n) is 13.9. The SMILES string of the molecule is C=CCN(C(=O)[C@H]1[C@H]2C(=O)N(CCCO)C(C(=O)N(CC=C)C(C)(C)C)C23CC(C)[C@]1(C)O3)c1ccccc1. The summed E-state index contributed by atoms with van der Waals surface area (Å²) >= 11 is 0. The lowest BCUT2D eigenvalue weighted by atomic mass is 9.62. The van der Waals surface area contributed by atoms with Crippen molar-refractivity contribution in [3.8, 4) is 0 Å². The molecule has 1 N–H and O–H groups in total. The summed E-state index contributed by atoms with van der Waals surface area (Å²) in [5, 5.41) is 9.63. The number of benzene rings is 1. The van der Waals surface area contributed by atoms with Crippen molar-refractivity contribution in [2.75, 3.05) is 31.1 Å². The Morgan fingerprint density at radius 1 is 1.15 bits per heavy atom. The normalized spacial score (nSPS) is 31.2. The second-order valence-electron chi connectivity index (χ2n) is 12.3. The number of hydrogen-bond donors (Lipinski definition) is 1. The highest BCUT2D eigenvalue weighted by Gasteiger charge is 2.80. The molecule has 3 saturated heterocycles. The number of fused-ring (bicyclic) bond motifs is 1. The van der Waals surface area contributed by atoms with Gasteiger partial charge in [0.25, 0.3) is 0 Å². The van der Waals surface area contributed by atoms with Crippen molar-refractivity contribution in [2.45, 2.75) is 70.2 Å². The minimum atomic E-state index is -1.14. The fourth-order valence-electron chi connectivity index (χ4n) is 7.07. The molecule has 8 nitrogen and oxygen atoms in total. The van der Waals surface area contributed by atoms with E-state index in [0.717, 1.165) is 5.69 Å². The molecule has 3 aliphatic heterocycles. The van der Waals surface area contributed by atoms with Gasteiger partial charge in [-0.15, -0.1) is 13.2 Å². The van der Waals surface area contributed by atoms with E-state index in [0.29, 0.717) is 19.4 Å². The van der Waals surface area contributed by atoms with Crippen LogP contribution in [0.15, 0.2) is 55.6 Å². The van der Waals surface area contributed by atoms with Gasteiger partial charge in [0.15, 0.2) is 0 Å². The first kappa shape index (κ1) is 29.0. The third-order valence-electron chi connectivity index (χ3n) is 8.90. The summed E-state index contributed by atoms with van der Waals surface area (Å²) in [5.41, 5.74) is -1.87. The molecule has 3 aliphatic rings. The fraction of sp³-hybridized carbons (Fsp3) is 0.581. The smallest absolute Gasteiger partial charge is 0.249 e. The van der Waals surface area contributed by atoms with Crippen LogP contribution in [0.25, 0.3) is 0 Å². The molecule has 1 aromatic carbocycles. The molecule has 3 amide bonds. The molecule has 0 aromatic heterocycles. The lowest BCUT2D eigenvalue weighted by Crippen LogP contribution is -2.60. The van der Waals surface area contributed by atoms with E-state index in [1.807, 2.05) is 65.0 Å². The van der Waals surface area contributed by atoms with Gasteiger partial charge in [0.05, 0.1) is 17.4 Å². The number of aliphatic hydroxyl groups is 1. The van der Waals surface area contributed by atoms with Gasteiger partial charge in [0.2, 0.25) is 17.7 Å². The van der Waals surface area contributed by atoms with Crippen molar-refractivity contribution in [1.29, 1.82) is 0 Å². The van der Waals surface area contributed by atoms with Gasteiger partial charge in [-0.25, -0.2) is 0 Å². The highest BCUT2D eigenvalue weighted by molar-refractivity contribution is 6.03. The van der Waals surface area contributed by atoms with Crippen molar-refractivity contribution < 1.29 is 24.2 Å². The summed E-state index contributed by atoms with van der Waals surface area (Å²) < 4.78 is 6.87. The Hall–Kier alpha value is -2.97. The average Bonchev–Trinajstić information content (AvgIpc) is 3.40. The predicted octanol–water partition coefficient (Wildman–Crippen LogP) is 3.41. The van der Waals surface area contributed by atoms with Crippen molar-refractivity contribution in [3.63, 3.8) is 0 Å². The van der Waals surface area contributed by atoms with Crippen LogP contribution in [0, 0.1) is 17.8 Å². The highest BCUT2D eigenvalue weighted by atomic mass is 16.5. The summed E-state index contributed by atoms with van der Waals surface area (Å²) in [6, 6.07) is 8.46. The molecule has 1 spiro atoms. The van der Waals surface area contributed by atoms with Crippen molar-refractivity contribution in [3.05, 3.63) is 55.6 Å². The first-order valence-corrected chi connectivity index (χ1v) is 13.9. The number of carbonyl (C=O) groups is 3. The third-order valence-corrected chi connectivity index (χ3v) is 8.90.